The average molecular weight is 914 g/mol. The summed E-state index contributed by atoms with van der Waals surface area (Å²) in [6, 6.07) is 12.0. The second-order valence-corrected chi connectivity index (χ2v) is 17.8. The van der Waals surface area contributed by atoms with Gasteiger partial charge in [0.1, 0.15) is 18.7 Å². The Morgan fingerprint density at radius 3 is 2.35 bits per heavy atom. The number of benzene rings is 2. The van der Waals surface area contributed by atoms with Crippen LogP contribution in [0.4, 0.5) is 0 Å². The molecule has 17 heteroatoms. The number of hydrogen-bond donors (Lipinski definition) is 4. The van der Waals surface area contributed by atoms with Gasteiger partial charge in [-0.2, -0.15) is 0 Å². The molecule has 6 rings (SSSR count). The molecule has 0 radical (unpaired) electrons. The molecule has 6 amide bonds. The summed E-state index contributed by atoms with van der Waals surface area (Å²) in [6.07, 6.45) is 10.8. The zero-order valence-electron chi connectivity index (χ0n) is 38.6. The number of imide groups is 1. The summed E-state index contributed by atoms with van der Waals surface area (Å²) in [4.78, 5) is 89.7. The summed E-state index contributed by atoms with van der Waals surface area (Å²) >= 11 is 0. The van der Waals surface area contributed by atoms with Crippen molar-refractivity contribution in [1.29, 1.82) is 0 Å². The summed E-state index contributed by atoms with van der Waals surface area (Å²) in [6.45, 7) is 6.39. The van der Waals surface area contributed by atoms with E-state index >= 15 is 0 Å². The summed E-state index contributed by atoms with van der Waals surface area (Å²) in [5.74, 6) is -1.48. The predicted molar refractivity (Wildman–Crippen MR) is 247 cm³/mol. The summed E-state index contributed by atoms with van der Waals surface area (Å²) in [5, 5.41) is 8.33. The number of hydrogen-bond acceptors (Lipinski definition) is 10. The molecule has 66 heavy (non-hydrogen) atoms. The first-order valence-electron chi connectivity index (χ1n) is 23.6. The third-order valence-electron chi connectivity index (χ3n) is 12.9. The zero-order chi connectivity index (χ0) is 47.2. The Morgan fingerprint density at radius 2 is 1.62 bits per heavy atom. The number of nitrogens with two attached hydrogens (primary N) is 1. The number of aromatic nitrogens is 2. The van der Waals surface area contributed by atoms with Crippen LogP contribution >= 0.6 is 0 Å². The van der Waals surface area contributed by atoms with Crippen LogP contribution in [-0.4, -0.2) is 107 Å². The van der Waals surface area contributed by atoms with Gasteiger partial charge in [0.25, 0.3) is 0 Å². The van der Waals surface area contributed by atoms with Crippen molar-refractivity contribution in [2.75, 3.05) is 39.5 Å². The predicted octanol–water partition coefficient (Wildman–Crippen LogP) is 3.28. The van der Waals surface area contributed by atoms with E-state index in [9.17, 15) is 33.6 Å². The van der Waals surface area contributed by atoms with Crippen LogP contribution < -0.4 is 27.4 Å². The van der Waals surface area contributed by atoms with E-state index in [2.05, 4.69) is 29.0 Å². The van der Waals surface area contributed by atoms with Crippen molar-refractivity contribution < 1.29 is 43.0 Å². The number of unbranched alkanes of at least 4 members (excludes halogenated alkanes) is 2. The van der Waals surface area contributed by atoms with Crippen LogP contribution in [0.2, 0.25) is 0 Å². The van der Waals surface area contributed by atoms with E-state index in [0.717, 1.165) is 67.2 Å². The molecule has 3 aliphatic rings. The highest BCUT2D eigenvalue weighted by Crippen LogP contribution is 2.39. The minimum absolute atomic E-state index is 0.00728. The van der Waals surface area contributed by atoms with E-state index in [1.54, 1.807) is 11.9 Å². The van der Waals surface area contributed by atoms with Crippen molar-refractivity contribution in [3.05, 3.63) is 81.8 Å². The fraction of sp³-hybridized carbons (Fsp3) is 0.571. The standard InChI is InChI=1S/C49H67N7O10/c1-4-5-6-11-45(60)55-29-36-17-18-37(36)46(55)48(62)52-38(19-22-42(50)57)32(2)66-30-35-14-12-33(13-15-35)9-7-24-51-44(59)31-65-27-26-64-25-8-10-34-16-20-39-41(28-34)54(3)49(63)56(39)40-21-23-43(58)53-47(40)61/h12-18,20,28,32,36-38,40,46H,4-11,19,21-27,29-31H2,1-3H3,(H2,50,57)(H,51,59)(H,52,62)(H,53,58,61)/t32-,36-,37-,38+,40?,46+/m1/s1. The van der Waals surface area contributed by atoms with E-state index in [-0.39, 0.29) is 73.6 Å². The first-order chi connectivity index (χ1) is 31.8. The largest absolute Gasteiger partial charge is 0.379 e. The van der Waals surface area contributed by atoms with E-state index < -0.39 is 36.0 Å². The Kier molecular flexibility index (Phi) is 18.3. The molecule has 5 N–H and O–H groups in total. The number of nitrogens with one attached hydrogen (secondary N) is 3. The summed E-state index contributed by atoms with van der Waals surface area (Å²) < 4.78 is 20.4. The first-order valence-corrected chi connectivity index (χ1v) is 23.6. The van der Waals surface area contributed by atoms with E-state index in [4.69, 9.17) is 19.9 Å². The van der Waals surface area contributed by atoms with Crippen LogP contribution in [0.1, 0.15) is 101 Å². The second-order valence-electron chi connectivity index (χ2n) is 17.8. The lowest BCUT2D eigenvalue weighted by molar-refractivity contribution is -0.140. The Morgan fingerprint density at radius 1 is 0.879 bits per heavy atom. The molecule has 2 aromatic carbocycles. The maximum Gasteiger partial charge on any atom is 0.329 e. The van der Waals surface area contributed by atoms with Crippen LogP contribution in [0.25, 0.3) is 11.0 Å². The number of rotatable bonds is 27. The van der Waals surface area contributed by atoms with Gasteiger partial charge in [0.05, 0.1) is 43.0 Å². The van der Waals surface area contributed by atoms with Crippen LogP contribution in [-0.2, 0) is 69.5 Å². The molecule has 358 valence electrons. The quantitative estimate of drug-likeness (QED) is 0.0497. The van der Waals surface area contributed by atoms with Crippen LogP contribution in [0.15, 0.2) is 59.4 Å². The minimum Gasteiger partial charge on any atom is -0.379 e. The van der Waals surface area contributed by atoms with Crippen molar-refractivity contribution >= 4 is 46.5 Å². The Labute approximate surface area is 386 Å². The molecule has 1 aliphatic carbocycles. The highest BCUT2D eigenvalue weighted by atomic mass is 16.5. The number of nitrogens with zero attached hydrogens (tertiary/aromatic N) is 3. The van der Waals surface area contributed by atoms with Gasteiger partial charge < -0.3 is 35.5 Å². The Balaban J connectivity index is 0.829. The third-order valence-corrected chi connectivity index (χ3v) is 12.9. The van der Waals surface area contributed by atoms with Gasteiger partial charge >= 0.3 is 5.69 Å². The van der Waals surface area contributed by atoms with Gasteiger partial charge in [-0.15, -0.1) is 0 Å². The van der Waals surface area contributed by atoms with Crippen molar-refractivity contribution in [3.8, 4) is 0 Å². The number of aryl methyl sites for hydroxylation is 3. The molecule has 2 fully saturated rings. The molecule has 17 nitrogen and oxygen atoms in total. The number of fused-ring (bicyclic) bond motifs is 2. The number of likely N-dealkylation sites (tertiary alicyclic amines) is 1. The molecule has 3 heterocycles. The first kappa shape index (κ1) is 49.8. The molecule has 0 spiro atoms. The molecule has 6 atom stereocenters. The average Bonchev–Trinajstić information content (AvgIpc) is 3.70. The van der Waals surface area contributed by atoms with Gasteiger partial charge in [0.2, 0.25) is 35.4 Å². The highest BCUT2D eigenvalue weighted by Gasteiger charge is 2.49. The third kappa shape index (κ3) is 13.2. The smallest absolute Gasteiger partial charge is 0.329 e. The van der Waals surface area contributed by atoms with E-state index in [1.807, 2.05) is 55.5 Å². The number of carbonyl (C=O) groups excluding carboxylic acids is 6. The summed E-state index contributed by atoms with van der Waals surface area (Å²) in [7, 11) is 1.67. The molecule has 0 saturated carbocycles. The Bertz CT molecular complexity index is 2270. The van der Waals surface area contributed by atoms with E-state index in [0.29, 0.717) is 51.3 Å². The molecule has 3 aromatic rings. The highest BCUT2D eigenvalue weighted by molar-refractivity contribution is 6.00. The fourth-order valence-corrected chi connectivity index (χ4v) is 8.97. The van der Waals surface area contributed by atoms with Gasteiger partial charge in [0, 0.05) is 57.8 Å². The lowest BCUT2D eigenvalue weighted by atomic mass is 9.81. The van der Waals surface area contributed by atoms with Gasteiger partial charge in [-0.1, -0.05) is 62.2 Å². The molecule has 1 aromatic heterocycles. The molecule has 0 bridgehead atoms. The van der Waals surface area contributed by atoms with Crippen LogP contribution in [0.5, 0.6) is 0 Å². The number of amides is 6. The van der Waals surface area contributed by atoms with Gasteiger partial charge in [-0.3, -0.25) is 43.2 Å². The fourth-order valence-electron chi connectivity index (χ4n) is 8.97. The molecule has 1 unspecified atom stereocenters. The number of imidazole rings is 1. The SMILES string of the molecule is CCCCCC(=O)N1C[C@H]2C=C[C@H]2[C@H]1C(=O)N[C@@H](CCC(N)=O)[C@@H](C)OCc1ccc(CCCNC(=O)COCCOCCCc2ccc3c(c2)n(C)c(=O)n3C2CCC(=O)NC2=O)cc1. The topological polar surface area (TPSA) is 222 Å². The van der Waals surface area contributed by atoms with Crippen molar-refractivity contribution in [1.82, 2.24) is 30.0 Å². The molecule has 2 saturated heterocycles. The van der Waals surface area contributed by atoms with Gasteiger partial charge in [-0.25, -0.2) is 4.79 Å². The van der Waals surface area contributed by atoms with Crippen molar-refractivity contribution in [2.45, 2.75) is 122 Å². The van der Waals surface area contributed by atoms with Gasteiger partial charge in [0.15, 0.2) is 0 Å². The number of carbonyl (C=O) groups is 6. The number of ether oxygens (including phenoxy) is 3. The normalized spacial score (nSPS) is 19.8. The molecule has 2 aliphatic heterocycles. The van der Waals surface area contributed by atoms with Crippen LogP contribution in [0.3, 0.4) is 0 Å². The zero-order valence-corrected chi connectivity index (χ0v) is 38.6. The monoisotopic (exact) mass is 913 g/mol. The maximum absolute atomic E-state index is 13.7. The Hall–Kier alpha value is -5.65. The van der Waals surface area contributed by atoms with Crippen molar-refractivity contribution in [2.24, 2.45) is 24.6 Å². The second kappa shape index (κ2) is 24.2. The molecular formula is C49H67N7O10. The van der Waals surface area contributed by atoms with E-state index in [1.165, 1.54) is 9.13 Å². The van der Waals surface area contributed by atoms with Gasteiger partial charge in [-0.05, 0) is 80.7 Å². The maximum atomic E-state index is 13.7. The lowest BCUT2D eigenvalue weighted by Crippen LogP contribution is -2.53. The molecular weight excluding hydrogens is 847 g/mol. The number of primary amides is 1. The lowest BCUT2D eigenvalue weighted by Gasteiger charge is -2.32. The van der Waals surface area contributed by atoms with Crippen LogP contribution in [0, 0.1) is 11.8 Å². The van der Waals surface area contributed by atoms with Crippen molar-refractivity contribution in [3.63, 3.8) is 0 Å². The number of piperidine rings is 1. The summed E-state index contributed by atoms with van der Waals surface area (Å²) in [5.41, 5.74) is 9.66. The minimum atomic E-state index is -0.719.